The third kappa shape index (κ3) is 12.0. The first kappa shape index (κ1) is 34.3. The van der Waals surface area contributed by atoms with Crippen LogP contribution >= 0.6 is 60.9 Å². The van der Waals surface area contributed by atoms with Crippen molar-refractivity contribution in [1.29, 1.82) is 0 Å². The molecule has 0 aromatic heterocycles. The zero-order valence-corrected chi connectivity index (χ0v) is 27.6. The van der Waals surface area contributed by atoms with E-state index >= 15 is 0 Å². The third-order valence-electron chi connectivity index (χ3n) is 4.00. The van der Waals surface area contributed by atoms with Crippen LogP contribution in [0.3, 0.4) is 0 Å². The first-order chi connectivity index (χ1) is 15.5. The highest BCUT2D eigenvalue weighted by molar-refractivity contribution is 9.42. The van der Waals surface area contributed by atoms with Crippen molar-refractivity contribution >= 4 is 78.5 Å². The van der Waals surface area contributed by atoms with Gasteiger partial charge in [0.05, 0.1) is 9.75 Å². The van der Waals surface area contributed by atoms with Crippen LogP contribution in [0.2, 0.25) is 0 Å². The van der Waals surface area contributed by atoms with Crippen LogP contribution in [-0.4, -0.2) is 67.0 Å². The molecule has 0 heterocycles. The minimum absolute atomic E-state index is 0.204. The van der Waals surface area contributed by atoms with E-state index in [0.29, 0.717) is 39.6 Å². The van der Waals surface area contributed by atoms with E-state index in [0.717, 1.165) is 12.8 Å². The Morgan fingerprint density at radius 2 is 0.688 bits per heavy atom. The monoisotopic (exact) mass is 602 g/mol. The third-order valence-corrected chi connectivity index (χ3v) is 25.2. The van der Waals surface area contributed by atoms with Gasteiger partial charge in [0.2, 0.25) is 0 Å². The van der Waals surface area contributed by atoms with Gasteiger partial charge < -0.3 is 26.6 Å². The summed E-state index contributed by atoms with van der Waals surface area (Å²) in [6.07, 6.45) is 1.89. The summed E-state index contributed by atoms with van der Waals surface area (Å²) >= 11 is 0. The van der Waals surface area contributed by atoms with Crippen LogP contribution in [0.5, 0.6) is 0 Å². The number of hydrogen-bond acceptors (Lipinski definition) is 12. The summed E-state index contributed by atoms with van der Waals surface area (Å²) in [5.41, 5.74) is 0. The van der Waals surface area contributed by atoms with Gasteiger partial charge in [-0.05, 0) is 93.7 Å². The van der Waals surface area contributed by atoms with Crippen molar-refractivity contribution in [3.05, 3.63) is 0 Å². The summed E-state index contributed by atoms with van der Waals surface area (Å²) in [4.78, 5) is 0.408. The quantitative estimate of drug-likeness (QED) is 0.0654. The Labute approximate surface area is 221 Å². The molecule has 0 aliphatic carbocycles. The van der Waals surface area contributed by atoms with E-state index in [1.54, 1.807) is 60.9 Å². The van der Waals surface area contributed by atoms with Gasteiger partial charge in [-0.1, -0.05) is 35.4 Å². The zero-order chi connectivity index (χ0) is 24.3. The summed E-state index contributed by atoms with van der Waals surface area (Å²) in [5, 5.41) is 0. The highest BCUT2D eigenvalue weighted by atomic mass is 33.9. The Hall–Kier alpha value is 2.29. The molecule has 0 aromatic carbocycles. The van der Waals surface area contributed by atoms with Gasteiger partial charge in [-0.3, -0.25) is 0 Å². The molecule has 0 saturated carbocycles. The van der Waals surface area contributed by atoms with Crippen molar-refractivity contribution in [2.24, 2.45) is 0 Å². The summed E-state index contributed by atoms with van der Waals surface area (Å²) in [6, 6.07) is 0. The average Bonchev–Trinajstić information content (AvgIpc) is 2.76. The van der Waals surface area contributed by atoms with Gasteiger partial charge in [0.1, 0.15) is 0 Å². The van der Waals surface area contributed by atoms with Gasteiger partial charge in [0.25, 0.3) is 0 Å². The lowest BCUT2D eigenvalue weighted by molar-refractivity contribution is 0.0685. The van der Waals surface area contributed by atoms with Crippen molar-refractivity contribution in [3.63, 3.8) is 0 Å². The van der Waals surface area contributed by atoms with Crippen molar-refractivity contribution < 1.29 is 26.6 Å². The smallest absolute Gasteiger partial charge is 0.373 e. The average molecular weight is 603 g/mol. The maximum Gasteiger partial charge on any atom is 0.515 e. The molecule has 0 fully saturated rings. The predicted molar refractivity (Wildman–Crippen MR) is 155 cm³/mol. The van der Waals surface area contributed by atoms with Gasteiger partial charge in [0.15, 0.2) is 0 Å². The second-order valence-electron chi connectivity index (χ2n) is 6.06. The molecule has 0 aromatic rings. The van der Waals surface area contributed by atoms with Gasteiger partial charge in [-0.15, -0.1) is 0 Å². The molecular formula is C18H42O6S6Si2. The maximum absolute atomic E-state index is 6.09. The summed E-state index contributed by atoms with van der Waals surface area (Å²) in [5.74, 6) is 0. The van der Waals surface area contributed by atoms with E-state index in [-0.39, 0.29) is 9.75 Å². The molecule has 6 nitrogen and oxygen atoms in total. The Morgan fingerprint density at radius 1 is 0.438 bits per heavy atom. The summed E-state index contributed by atoms with van der Waals surface area (Å²) in [7, 11) is 5.23. The molecule has 0 amide bonds. The van der Waals surface area contributed by atoms with E-state index in [1.165, 1.54) is 0 Å². The van der Waals surface area contributed by atoms with E-state index in [9.17, 15) is 0 Å². The lowest BCUT2D eigenvalue weighted by atomic mass is 10.6. The van der Waals surface area contributed by atoms with E-state index < -0.39 is 17.6 Å². The number of hydrogen-bond donors (Lipinski definition) is 0. The lowest BCUT2D eigenvalue weighted by Crippen LogP contribution is -2.54. The fraction of sp³-hybridized carbons (Fsp3) is 1.00. The minimum Gasteiger partial charge on any atom is -0.373 e. The molecule has 0 aliphatic heterocycles. The van der Waals surface area contributed by atoms with Gasteiger partial charge in [-0.25, -0.2) is 0 Å². The van der Waals surface area contributed by atoms with Gasteiger partial charge >= 0.3 is 17.6 Å². The standard InChI is InChI=1S/C18H42O6S6Si2/c1-9-17(31(19-11-3,20-12-4)21-13-5)25-27-29-30-28-26-18(10-2)32(22-14-6,23-15-7)24-16-8/h17-18H,9-16H2,1-8H3. The Kier molecular flexibility index (Phi) is 22.9. The maximum atomic E-state index is 6.09. The lowest BCUT2D eigenvalue weighted by Gasteiger charge is -2.34. The molecule has 0 rings (SSSR count). The molecular weight excluding hydrogens is 561 g/mol. The molecule has 0 saturated heterocycles. The normalized spacial score (nSPS) is 14.6. The molecule has 194 valence electrons. The molecule has 0 aliphatic rings. The Morgan fingerprint density at radius 3 is 0.875 bits per heavy atom. The minimum atomic E-state index is -2.71. The van der Waals surface area contributed by atoms with Crippen LogP contribution in [0, 0.1) is 0 Å². The topological polar surface area (TPSA) is 55.4 Å². The van der Waals surface area contributed by atoms with Crippen LogP contribution in [0.15, 0.2) is 0 Å². The van der Waals surface area contributed by atoms with Crippen molar-refractivity contribution in [1.82, 2.24) is 0 Å². The molecule has 14 heteroatoms. The highest BCUT2D eigenvalue weighted by Crippen LogP contribution is 2.56. The first-order valence-corrected chi connectivity index (χ1v) is 22.5. The van der Waals surface area contributed by atoms with Crippen LogP contribution in [0.4, 0.5) is 0 Å². The van der Waals surface area contributed by atoms with Crippen molar-refractivity contribution in [2.45, 2.75) is 78.0 Å². The molecule has 0 N–H and O–H groups in total. The summed E-state index contributed by atoms with van der Waals surface area (Å²) < 4.78 is 36.6. The SMILES string of the molecule is CCO[Si](OCC)(OCC)C(CC)SSSSSSC(CC)[Si](OCC)(OCC)OCC. The largest absolute Gasteiger partial charge is 0.515 e. The molecule has 0 spiro atoms. The zero-order valence-electron chi connectivity index (χ0n) is 20.7. The van der Waals surface area contributed by atoms with E-state index in [4.69, 9.17) is 26.6 Å². The highest BCUT2D eigenvalue weighted by Gasteiger charge is 2.50. The van der Waals surface area contributed by atoms with Crippen LogP contribution in [0.1, 0.15) is 68.2 Å². The molecule has 0 bridgehead atoms. The van der Waals surface area contributed by atoms with Crippen LogP contribution in [-0.2, 0) is 26.6 Å². The molecule has 32 heavy (non-hydrogen) atoms. The van der Waals surface area contributed by atoms with Crippen LogP contribution in [0.25, 0.3) is 0 Å². The first-order valence-electron chi connectivity index (χ1n) is 11.3. The fourth-order valence-corrected chi connectivity index (χ4v) is 26.0. The van der Waals surface area contributed by atoms with Gasteiger partial charge in [0, 0.05) is 39.6 Å². The fourth-order valence-electron chi connectivity index (χ4n) is 2.92. The van der Waals surface area contributed by atoms with Crippen molar-refractivity contribution in [2.75, 3.05) is 39.6 Å². The Bertz CT molecular complexity index is 375. The van der Waals surface area contributed by atoms with E-state index in [2.05, 4.69) is 13.8 Å². The molecule has 2 unspecified atom stereocenters. The molecule has 2 atom stereocenters. The predicted octanol–water partition coefficient (Wildman–Crippen LogP) is 7.69. The Balaban J connectivity index is 4.76. The second-order valence-corrected chi connectivity index (χ2v) is 22.2. The van der Waals surface area contributed by atoms with E-state index in [1.807, 2.05) is 41.5 Å². The summed E-state index contributed by atoms with van der Waals surface area (Å²) in [6.45, 7) is 20.0. The molecule has 0 radical (unpaired) electrons. The number of rotatable bonds is 23. The van der Waals surface area contributed by atoms with Gasteiger partial charge in [-0.2, -0.15) is 0 Å². The second kappa shape index (κ2) is 21.4. The van der Waals surface area contributed by atoms with Crippen molar-refractivity contribution in [3.8, 4) is 0 Å². The van der Waals surface area contributed by atoms with Crippen LogP contribution < -0.4 is 0 Å².